The number of ether oxygens (including phenoxy) is 5. The van der Waals surface area contributed by atoms with E-state index in [1.807, 2.05) is 6.92 Å². The predicted octanol–water partition coefficient (Wildman–Crippen LogP) is 3.46. The molecule has 0 saturated heterocycles. The summed E-state index contributed by atoms with van der Waals surface area (Å²) in [4.78, 5) is 12.3. The van der Waals surface area contributed by atoms with Crippen molar-refractivity contribution in [1.82, 2.24) is 4.57 Å². The first kappa shape index (κ1) is 28.0. The van der Waals surface area contributed by atoms with E-state index in [4.69, 9.17) is 23.7 Å². The number of carbonyl (C=O) groups is 1. The van der Waals surface area contributed by atoms with E-state index in [9.17, 15) is 18.3 Å². The van der Waals surface area contributed by atoms with Crippen LogP contribution in [0.15, 0.2) is 53.6 Å². The van der Waals surface area contributed by atoms with Gasteiger partial charge in [0.2, 0.25) is 5.75 Å². The number of esters is 1. The lowest BCUT2D eigenvalue weighted by molar-refractivity contribution is 0.0600. The van der Waals surface area contributed by atoms with Crippen LogP contribution in [-0.2, 0) is 26.0 Å². The Bertz CT molecular complexity index is 1320. The SMILES string of the molecule is COCn1cc(C(=O)OC)cc1C(C(O)c1cc(OC)c(OC)c(OC)c1)S(=O)(=O)c1ccc(C)cc1. The first-order chi connectivity index (χ1) is 17.6. The number of benzene rings is 2. The molecule has 0 amide bonds. The smallest absolute Gasteiger partial charge is 0.339 e. The van der Waals surface area contributed by atoms with Gasteiger partial charge in [0, 0.05) is 19.0 Å². The maximum Gasteiger partial charge on any atom is 0.339 e. The maximum atomic E-state index is 14.1. The highest BCUT2D eigenvalue weighted by Crippen LogP contribution is 2.45. The predicted molar refractivity (Wildman–Crippen MR) is 135 cm³/mol. The summed E-state index contributed by atoms with van der Waals surface area (Å²) in [6.07, 6.45) is -0.194. The summed E-state index contributed by atoms with van der Waals surface area (Å²) in [5, 5.41) is 10.1. The van der Waals surface area contributed by atoms with Crippen molar-refractivity contribution in [2.24, 2.45) is 0 Å². The molecule has 2 aromatic carbocycles. The van der Waals surface area contributed by atoms with Crippen molar-refractivity contribution >= 4 is 15.8 Å². The van der Waals surface area contributed by atoms with Gasteiger partial charge in [0.15, 0.2) is 21.3 Å². The summed E-state index contributed by atoms with van der Waals surface area (Å²) < 4.78 is 55.8. The van der Waals surface area contributed by atoms with Gasteiger partial charge in [-0.25, -0.2) is 13.2 Å². The number of aliphatic hydroxyl groups is 1. The third-order valence-corrected chi connectivity index (χ3v) is 8.01. The van der Waals surface area contributed by atoms with E-state index >= 15 is 0 Å². The molecule has 1 aromatic heterocycles. The van der Waals surface area contributed by atoms with Crippen molar-refractivity contribution < 1.29 is 42.0 Å². The van der Waals surface area contributed by atoms with Gasteiger partial charge in [-0.2, -0.15) is 0 Å². The van der Waals surface area contributed by atoms with Gasteiger partial charge < -0.3 is 33.4 Å². The molecule has 3 aromatic rings. The maximum absolute atomic E-state index is 14.1. The number of aliphatic hydroxyl groups excluding tert-OH is 1. The molecule has 1 N–H and O–H groups in total. The number of hydrogen-bond acceptors (Lipinski definition) is 9. The van der Waals surface area contributed by atoms with Crippen LogP contribution in [0.25, 0.3) is 0 Å². The Morgan fingerprint density at radius 2 is 1.54 bits per heavy atom. The zero-order chi connectivity index (χ0) is 27.3. The minimum absolute atomic E-state index is 0.000577. The van der Waals surface area contributed by atoms with Gasteiger partial charge in [0.05, 0.1) is 38.9 Å². The van der Waals surface area contributed by atoms with Crippen LogP contribution < -0.4 is 14.2 Å². The van der Waals surface area contributed by atoms with Crippen molar-refractivity contribution in [3.63, 3.8) is 0 Å². The lowest BCUT2D eigenvalue weighted by atomic mass is 10.0. The average Bonchev–Trinajstić information content (AvgIpc) is 3.30. The van der Waals surface area contributed by atoms with Gasteiger partial charge in [-0.3, -0.25) is 0 Å². The molecular weight excluding hydrogens is 502 g/mol. The molecular formula is C26H31NO9S. The Balaban J connectivity index is 2.30. The van der Waals surface area contributed by atoms with E-state index in [2.05, 4.69) is 0 Å². The largest absolute Gasteiger partial charge is 0.493 e. The van der Waals surface area contributed by atoms with E-state index in [0.717, 1.165) is 5.56 Å². The molecule has 2 atom stereocenters. The Hall–Kier alpha value is -3.54. The van der Waals surface area contributed by atoms with Crippen LogP contribution in [-0.4, -0.2) is 59.6 Å². The summed E-state index contributed by atoms with van der Waals surface area (Å²) in [6.45, 7) is 1.76. The van der Waals surface area contributed by atoms with Crippen LogP contribution in [0.5, 0.6) is 17.2 Å². The third-order valence-electron chi connectivity index (χ3n) is 5.91. The summed E-state index contributed by atoms with van der Waals surface area (Å²) >= 11 is 0. The van der Waals surface area contributed by atoms with Crippen molar-refractivity contribution in [2.45, 2.75) is 29.9 Å². The van der Waals surface area contributed by atoms with Gasteiger partial charge in [-0.05, 0) is 42.8 Å². The Morgan fingerprint density at radius 1 is 0.946 bits per heavy atom. The van der Waals surface area contributed by atoms with E-state index < -0.39 is 27.2 Å². The minimum Gasteiger partial charge on any atom is -0.493 e. The number of sulfone groups is 1. The molecule has 0 aliphatic heterocycles. The number of rotatable bonds is 11. The number of aromatic nitrogens is 1. The van der Waals surface area contributed by atoms with Gasteiger partial charge in [0.25, 0.3) is 0 Å². The third kappa shape index (κ3) is 5.58. The first-order valence-corrected chi connectivity index (χ1v) is 12.7. The molecule has 0 saturated carbocycles. The average molecular weight is 534 g/mol. The molecule has 11 heteroatoms. The summed E-state index contributed by atoms with van der Waals surface area (Å²) in [7, 11) is 2.70. The Kier molecular flexibility index (Phi) is 8.85. The van der Waals surface area contributed by atoms with E-state index in [1.165, 1.54) is 76.6 Å². The fraction of sp³-hybridized carbons (Fsp3) is 0.346. The monoisotopic (exact) mass is 533 g/mol. The highest BCUT2D eigenvalue weighted by Gasteiger charge is 2.40. The zero-order valence-corrected chi connectivity index (χ0v) is 22.4. The fourth-order valence-corrected chi connectivity index (χ4v) is 5.89. The summed E-state index contributed by atoms with van der Waals surface area (Å²) in [5.74, 6) is 0.106. The summed E-state index contributed by atoms with van der Waals surface area (Å²) in [5.41, 5.74) is 1.30. The molecule has 0 fully saturated rings. The van der Waals surface area contributed by atoms with Crippen molar-refractivity contribution in [2.75, 3.05) is 35.5 Å². The van der Waals surface area contributed by atoms with E-state index in [-0.39, 0.29) is 45.7 Å². The highest BCUT2D eigenvalue weighted by atomic mass is 32.2. The number of aryl methyl sites for hydroxylation is 1. The van der Waals surface area contributed by atoms with Gasteiger partial charge in [0.1, 0.15) is 18.1 Å². The highest BCUT2D eigenvalue weighted by molar-refractivity contribution is 7.91. The van der Waals surface area contributed by atoms with Crippen molar-refractivity contribution in [3.05, 3.63) is 71.0 Å². The summed E-state index contributed by atoms with van der Waals surface area (Å²) in [6, 6.07) is 10.6. The second kappa shape index (κ2) is 11.7. The first-order valence-electron chi connectivity index (χ1n) is 11.2. The van der Waals surface area contributed by atoms with Gasteiger partial charge >= 0.3 is 5.97 Å². The standard InChI is InChI=1S/C26H31NO9S/c1-16-7-9-19(10-8-16)37(30,31)25(20-11-18(26(29)36-6)14-27(20)15-32-2)23(28)17-12-21(33-3)24(35-5)22(13-17)34-4/h7-14,23,25,28H,15H2,1-6H3. The molecule has 37 heavy (non-hydrogen) atoms. The topological polar surface area (TPSA) is 123 Å². The fourth-order valence-electron chi connectivity index (χ4n) is 4.06. The van der Waals surface area contributed by atoms with Crippen molar-refractivity contribution in [3.8, 4) is 17.2 Å². The van der Waals surface area contributed by atoms with Crippen LogP contribution in [0.4, 0.5) is 0 Å². The minimum atomic E-state index is -4.22. The molecule has 0 bridgehead atoms. The molecule has 0 aliphatic carbocycles. The lowest BCUT2D eigenvalue weighted by Crippen LogP contribution is -2.24. The molecule has 0 spiro atoms. The number of methoxy groups -OCH3 is 5. The lowest BCUT2D eigenvalue weighted by Gasteiger charge is -2.26. The molecule has 1 heterocycles. The molecule has 0 aliphatic rings. The van der Waals surface area contributed by atoms with Crippen LogP contribution >= 0.6 is 0 Å². The molecule has 10 nitrogen and oxygen atoms in total. The number of hydrogen-bond donors (Lipinski definition) is 1. The zero-order valence-electron chi connectivity index (χ0n) is 21.5. The van der Waals surface area contributed by atoms with Crippen LogP contribution in [0.2, 0.25) is 0 Å². The quantitative estimate of drug-likeness (QED) is 0.369. The normalized spacial score (nSPS) is 13.1. The Labute approximate surface area is 216 Å². The van der Waals surface area contributed by atoms with Crippen LogP contribution in [0, 0.1) is 6.92 Å². The van der Waals surface area contributed by atoms with Crippen LogP contribution in [0.1, 0.15) is 38.5 Å². The second-order valence-corrected chi connectivity index (χ2v) is 10.3. The molecule has 200 valence electrons. The van der Waals surface area contributed by atoms with Crippen LogP contribution in [0.3, 0.4) is 0 Å². The van der Waals surface area contributed by atoms with Gasteiger partial charge in [-0.15, -0.1) is 0 Å². The molecule has 3 rings (SSSR count). The van der Waals surface area contributed by atoms with Crippen molar-refractivity contribution in [1.29, 1.82) is 0 Å². The molecule has 0 radical (unpaired) electrons. The molecule has 2 unspecified atom stereocenters. The Morgan fingerprint density at radius 3 is 2.03 bits per heavy atom. The second-order valence-electron chi connectivity index (χ2n) is 8.21. The number of carbonyl (C=O) groups excluding carboxylic acids is 1. The van der Waals surface area contributed by atoms with E-state index in [1.54, 1.807) is 12.1 Å². The van der Waals surface area contributed by atoms with E-state index in [0.29, 0.717) is 0 Å². The van der Waals surface area contributed by atoms with Gasteiger partial charge in [-0.1, -0.05) is 17.7 Å². The number of nitrogens with zero attached hydrogens (tertiary/aromatic N) is 1.